The number of rotatable bonds is 3. The Hall–Kier alpha value is -3.38. The number of carbonyl (C=O) groups excluding carboxylic acids is 2. The molecule has 0 aliphatic carbocycles. The van der Waals surface area contributed by atoms with E-state index in [4.69, 9.17) is 0 Å². The third-order valence-electron chi connectivity index (χ3n) is 3.71. The molecular weight excluding hydrogens is 432 g/mol. The summed E-state index contributed by atoms with van der Waals surface area (Å²) in [5, 5.41) is 3.75. The van der Waals surface area contributed by atoms with E-state index in [-0.39, 0.29) is 6.07 Å². The average Bonchev–Trinajstić information content (AvgIpc) is 3.11. The van der Waals surface area contributed by atoms with Gasteiger partial charge in [0.1, 0.15) is 6.33 Å². The van der Waals surface area contributed by atoms with E-state index < -0.39 is 52.1 Å². The van der Waals surface area contributed by atoms with Gasteiger partial charge in [-0.3, -0.25) is 20.4 Å². The van der Waals surface area contributed by atoms with Crippen molar-refractivity contribution in [2.75, 3.05) is 0 Å². The summed E-state index contributed by atoms with van der Waals surface area (Å²) >= 11 is 0. The molecule has 0 saturated heterocycles. The number of alkyl halides is 6. The van der Waals surface area contributed by atoms with Crippen molar-refractivity contribution < 1.29 is 35.9 Å². The van der Waals surface area contributed by atoms with Crippen LogP contribution in [-0.2, 0) is 21.9 Å². The molecule has 0 aliphatic rings. The second kappa shape index (κ2) is 8.40. The first-order valence-corrected chi connectivity index (χ1v) is 8.57. The van der Waals surface area contributed by atoms with E-state index in [0.717, 1.165) is 23.3 Å². The number of halogens is 6. The van der Waals surface area contributed by atoms with Gasteiger partial charge in [-0.15, -0.1) is 5.10 Å². The number of aromatic nitrogens is 3. The Morgan fingerprint density at radius 1 is 0.935 bits per heavy atom. The van der Waals surface area contributed by atoms with Crippen LogP contribution in [-0.4, -0.2) is 26.6 Å². The fourth-order valence-corrected chi connectivity index (χ4v) is 2.05. The van der Waals surface area contributed by atoms with E-state index in [2.05, 4.69) is 20.9 Å². The maximum atomic E-state index is 13.0. The lowest BCUT2D eigenvalue weighted by Crippen LogP contribution is -2.46. The molecular formula is C18H17F6N5O2. The lowest BCUT2D eigenvalue weighted by Gasteiger charge is -2.17. The van der Waals surface area contributed by atoms with Crippen molar-refractivity contribution in [3.63, 3.8) is 0 Å². The number of carbonyl (C=O) groups is 2. The van der Waals surface area contributed by atoms with Gasteiger partial charge in [-0.1, -0.05) is 20.8 Å². The Kier molecular flexibility index (Phi) is 6.47. The standard InChI is InChI=1S/C18H17F6N5O2/c1-16(2,3)15(31)27-26-13(30)4-5-29-9-25-14(28-29)10-6-11(17(19,20)21)8-12(7-10)18(22,23)24/h4-9H,1-3H3,(H,26,30)(H,27,31). The molecule has 2 rings (SSSR count). The van der Waals surface area contributed by atoms with Crippen molar-refractivity contribution in [2.45, 2.75) is 33.1 Å². The highest BCUT2D eigenvalue weighted by atomic mass is 19.4. The zero-order valence-electron chi connectivity index (χ0n) is 16.4. The smallest absolute Gasteiger partial charge is 0.273 e. The van der Waals surface area contributed by atoms with Crippen LogP contribution in [0.2, 0.25) is 0 Å². The number of hydrogen-bond acceptors (Lipinski definition) is 4. The Bertz CT molecular complexity index is 970. The summed E-state index contributed by atoms with van der Waals surface area (Å²) in [5.74, 6) is -1.63. The van der Waals surface area contributed by atoms with Gasteiger partial charge in [0.05, 0.1) is 11.1 Å². The van der Waals surface area contributed by atoms with Crippen molar-refractivity contribution >= 4 is 18.0 Å². The van der Waals surface area contributed by atoms with Gasteiger partial charge in [0.15, 0.2) is 5.82 Å². The van der Waals surface area contributed by atoms with Crippen LogP contribution in [0.15, 0.2) is 30.6 Å². The summed E-state index contributed by atoms with van der Waals surface area (Å²) in [7, 11) is 0. The molecule has 0 saturated carbocycles. The molecule has 0 aliphatic heterocycles. The average molecular weight is 449 g/mol. The monoisotopic (exact) mass is 449 g/mol. The number of nitrogens with zero attached hydrogens (tertiary/aromatic N) is 3. The molecule has 2 N–H and O–H groups in total. The Labute approximate surface area is 172 Å². The van der Waals surface area contributed by atoms with E-state index in [1.54, 1.807) is 20.8 Å². The van der Waals surface area contributed by atoms with E-state index in [1.165, 1.54) is 0 Å². The van der Waals surface area contributed by atoms with E-state index >= 15 is 0 Å². The van der Waals surface area contributed by atoms with Gasteiger partial charge in [0, 0.05) is 23.3 Å². The maximum absolute atomic E-state index is 13.0. The summed E-state index contributed by atoms with van der Waals surface area (Å²) in [6.07, 6.45) is -7.05. The predicted octanol–water partition coefficient (Wildman–Crippen LogP) is 3.65. The van der Waals surface area contributed by atoms with Crippen LogP contribution in [0.1, 0.15) is 31.9 Å². The Morgan fingerprint density at radius 3 is 1.97 bits per heavy atom. The van der Waals surface area contributed by atoms with Crippen molar-refractivity contribution in [2.24, 2.45) is 5.41 Å². The summed E-state index contributed by atoms with van der Waals surface area (Å²) in [6, 6.07) is 0.983. The van der Waals surface area contributed by atoms with Crippen LogP contribution in [0.3, 0.4) is 0 Å². The van der Waals surface area contributed by atoms with E-state index in [9.17, 15) is 35.9 Å². The fourth-order valence-electron chi connectivity index (χ4n) is 2.05. The van der Waals surface area contributed by atoms with Gasteiger partial charge < -0.3 is 0 Å². The van der Waals surface area contributed by atoms with Crippen molar-refractivity contribution in [3.8, 4) is 11.4 Å². The quantitative estimate of drug-likeness (QED) is 0.426. The van der Waals surface area contributed by atoms with Gasteiger partial charge in [0.25, 0.3) is 5.91 Å². The minimum absolute atomic E-state index is 0.00336. The molecule has 1 aromatic heterocycles. The van der Waals surface area contributed by atoms with Gasteiger partial charge in [-0.25, -0.2) is 9.67 Å². The van der Waals surface area contributed by atoms with Gasteiger partial charge in [-0.2, -0.15) is 26.3 Å². The lowest BCUT2D eigenvalue weighted by molar-refractivity contribution is -0.143. The lowest BCUT2D eigenvalue weighted by atomic mass is 9.96. The number of nitrogens with one attached hydrogen (secondary N) is 2. The molecule has 168 valence electrons. The molecule has 0 fully saturated rings. The zero-order chi connectivity index (χ0) is 23.6. The van der Waals surface area contributed by atoms with Crippen LogP contribution in [0.4, 0.5) is 26.3 Å². The third-order valence-corrected chi connectivity index (χ3v) is 3.71. The van der Waals surface area contributed by atoms with E-state index in [0.29, 0.717) is 12.1 Å². The second-order valence-electron chi connectivity index (χ2n) is 7.35. The molecule has 1 aromatic carbocycles. The molecule has 7 nitrogen and oxygen atoms in total. The van der Waals surface area contributed by atoms with Crippen molar-refractivity contribution in [3.05, 3.63) is 41.7 Å². The minimum atomic E-state index is -5.01. The van der Waals surface area contributed by atoms with E-state index in [1.807, 2.05) is 0 Å². The third kappa shape index (κ3) is 6.55. The normalized spacial score (nSPS) is 12.8. The molecule has 0 unspecified atom stereocenters. The summed E-state index contributed by atoms with van der Waals surface area (Å²) < 4.78 is 78.7. The summed E-state index contributed by atoms with van der Waals surface area (Å²) in [4.78, 5) is 27.1. The fraction of sp³-hybridized carbons (Fsp3) is 0.333. The number of hydrogen-bond donors (Lipinski definition) is 2. The van der Waals surface area contributed by atoms with Crippen LogP contribution >= 0.6 is 0 Å². The topological polar surface area (TPSA) is 88.9 Å². The van der Waals surface area contributed by atoms with Gasteiger partial charge in [-0.05, 0) is 18.2 Å². The van der Waals surface area contributed by atoms with Gasteiger partial charge >= 0.3 is 12.4 Å². The molecule has 0 spiro atoms. The Balaban J connectivity index is 2.21. The SMILES string of the molecule is CC(C)(C)C(=O)NNC(=O)C=Cn1cnc(-c2cc(C(F)(F)F)cc(C(F)(F)F)c2)n1. The largest absolute Gasteiger partial charge is 0.416 e. The first kappa shape index (κ1) is 23.9. The highest BCUT2D eigenvalue weighted by Gasteiger charge is 2.37. The first-order valence-electron chi connectivity index (χ1n) is 8.57. The highest BCUT2D eigenvalue weighted by Crippen LogP contribution is 2.38. The van der Waals surface area contributed by atoms with Crippen LogP contribution in [0.5, 0.6) is 0 Å². The molecule has 13 heteroatoms. The second-order valence-corrected chi connectivity index (χ2v) is 7.35. The Morgan fingerprint density at radius 2 is 1.48 bits per heavy atom. The van der Waals surface area contributed by atoms with Crippen molar-refractivity contribution in [1.82, 2.24) is 25.6 Å². The van der Waals surface area contributed by atoms with Gasteiger partial charge in [0.2, 0.25) is 5.91 Å². The predicted molar refractivity (Wildman–Crippen MR) is 96.5 cm³/mol. The molecule has 0 radical (unpaired) electrons. The van der Waals surface area contributed by atoms with Crippen LogP contribution in [0, 0.1) is 5.41 Å². The molecule has 0 bridgehead atoms. The zero-order valence-corrected chi connectivity index (χ0v) is 16.4. The number of amides is 2. The van der Waals surface area contributed by atoms with Crippen LogP contribution < -0.4 is 10.9 Å². The molecule has 0 atom stereocenters. The molecule has 31 heavy (non-hydrogen) atoms. The maximum Gasteiger partial charge on any atom is 0.416 e. The van der Waals surface area contributed by atoms with Crippen LogP contribution in [0.25, 0.3) is 17.6 Å². The summed E-state index contributed by atoms with van der Waals surface area (Å²) in [5.41, 5.74) is 0.0325. The molecule has 2 amide bonds. The summed E-state index contributed by atoms with van der Waals surface area (Å²) in [6.45, 7) is 4.87. The number of benzene rings is 1. The first-order chi connectivity index (χ1) is 14.1. The molecule has 2 aromatic rings. The number of hydrazine groups is 1. The van der Waals surface area contributed by atoms with Crippen molar-refractivity contribution in [1.29, 1.82) is 0 Å². The highest BCUT2D eigenvalue weighted by molar-refractivity contribution is 5.92. The minimum Gasteiger partial charge on any atom is -0.273 e. The molecule has 1 heterocycles.